The number of hydrogen-bond acceptors (Lipinski definition) is 7. The molecule has 0 N–H and O–H groups in total. The Labute approximate surface area is 155 Å². The zero-order valence-electron chi connectivity index (χ0n) is 13.2. The third-order valence-corrected chi connectivity index (χ3v) is 4.71. The molecule has 0 bridgehead atoms. The molecule has 5 rings (SSSR count). The van der Waals surface area contributed by atoms with E-state index in [4.69, 9.17) is 23.7 Å². The Kier molecular flexibility index (Phi) is 3.39. The second-order valence-electron chi connectivity index (χ2n) is 5.63. The lowest BCUT2D eigenvalue weighted by molar-refractivity contribution is -0.129. The molecule has 0 aromatic heterocycles. The zero-order valence-corrected chi connectivity index (χ0v) is 14.7. The van der Waals surface area contributed by atoms with Crippen molar-refractivity contribution in [3.8, 4) is 23.0 Å². The summed E-state index contributed by atoms with van der Waals surface area (Å²) in [4.78, 5) is 16.5. The maximum Gasteiger partial charge on any atom is 0.363 e. The fraction of sp³-hybridized carbons (Fsp3) is 0.111. The maximum absolute atomic E-state index is 12.2. The number of carbonyl (C=O) groups excluding carboxylic acids is 1. The average Bonchev–Trinajstić information content (AvgIpc) is 3.34. The van der Waals surface area contributed by atoms with E-state index < -0.39 is 5.97 Å². The lowest BCUT2D eigenvalue weighted by Gasteiger charge is -2.02. The number of nitrogens with zero attached hydrogens (tertiary/aromatic N) is 1. The van der Waals surface area contributed by atoms with Crippen molar-refractivity contribution in [1.82, 2.24) is 0 Å². The molecule has 3 aliphatic heterocycles. The summed E-state index contributed by atoms with van der Waals surface area (Å²) in [5, 5.41) is 0. The first-order valence-electron chi connectivity index (χ1n) is 7.69. The molecule has 0 aliphatic carbocycles. The van der Waals surface area contributed by atoms with Crippen LogP contribution in [0.5, 0.6) is 23.0 Å². The van der Waals surface area contributed by atoms with Crippen LogP contribution in [0.4, 0.5) is 0 Å². The smallest absolute Gasteiger partial charge is 0.363 e. The highest BCUT2D eigenvalue weighted by molar-refractivity contribution is 9.10. The number of rotatable bonds is 2. The molecule has 3 aliphatic rings. The van der Waals surface area contributed by atoms with Gasteiger partial charge in [0.15, 0.2) is 28.7 Å². The van der Waals surface area contributed by atoms with Crippen molar-refractivity contribution in [3.05, 3.63) is 51.6 Å². The Bertz CT molecular complexity index is 1010. The van der Waals surface area contributed by atoms with Crippen LogP contribution in [-0.2, 0) is 9.53 Å². The van der Waals surface area contributed by atoms with Crippen LogP contribution in [0.25, 0.3) is 6.08 Å². The molecule has 2 aromatic carbocycles. The van der Waals surface area contributed by atoms with E-state index in [1.165, 1.54) is 0 Å². The molecule has 2 aromatic rings. The molecule has 0 saturated heterocycles. The van der Waals surface area contributed by atoms with Gasteiger partial charge in [-0.2, -0.15) is 0 Å². The van der Waals surface area contributed by atoms with Gasteiger partial charge < -0.3 is 23.7 Å². The van der Waals surface area contributed by atoms with E-state index in [0.717, 1.165) is 10.0 Å². The maximum atomic E-state index is 12.2. The van der Waals surface area contributed by atoms with Gasteiger partial charge in [0.05, 0.1) is 0 Å². The Morgan fingerprint density at radius 2 is 1.62 bits per heavy atom. The number of carbonyl (C=O) groups is 1. The summed E-state index contributed by atoms with van der Waals surface area (Å²) >= 11 is 3.46. The van der Waals surface area contributed by atoms with Crippen molar-refractivity contribution in [2.45, 2.75) is 0 Å². The molecule has 3 heterocycles. The SMILES string of the molecule is O=C1OC(c2ccc3c(c2)OCO3)=N/C1=C/c1cc2c(cc1Br)OCO2. The number of aliphatic imine (C=N–C) groups is 1. The lowest BCUT2D eigenvalue weighted by atomic mass is 10.1. The summed E-state index contributed by atoms with van der Waals surface area (Å²) in [7, 11) is 0. The van der Waals surface area contributed by atoms with Gasteiger partial charge in [-0.25, -0.2) is 9.79 Å². The monoisotopic (exact) mass is 415 g/mol. The summed E-state index contributed by atoms with van der Waals surface area (Å²) in [5.74, 6) is 2.21. The summed E-state index contributed by atoms with van der Waals surface area (Å²) in [6, 6.07) is 8.81. The molecular formula is C18H10BrNO6. The van der Waals surface area contributed by atoms with E-state index >= 15 is 0 Å². The standard InChI is InChI=1S/C18H10BrNO6/c19-11-6-16-15(24-8-25-16)5-10(11)3-12-18(21)26-17(20-12)9-1-2-13-14(4-9)23-7-22-13/h1-6H,7-8H2/b12-3+. The second kappa shape index (κ2) is 5.77. The molecular weight excluding hydrogens is 406 g/mol. The summed E-state index contributed by atoms with van der Waals surface area (Å²) in [6.45, 7) is 0.352. The van der Waals surface area contributed by atoms with Crippen molar-refractivity contribution < 1.29 is 28.5 Å². The van der Waals surface area contributed by atoms with Gasteiger partial charge in [0.25, 0.3) is 0 Å². The molecule has 0 amide bonds. The predicted octanol–water partition coefficient (Wildman–Crippen LogP) is 3.25. The number of cyclic esters (lactones) is 1. The van der Waals surface area contributed by atoms with Gasteiger partial charge in [-0.05, 0) is 42.0 Å². The van der Waals surface area contributed by atoms with Crippen molar-refractivity contribution >= 4 is 33.9 Å². The fourth-order valence-electron chi connectivity index (χ4n) is 2.75. The predicted molar refractivity (Wildman–Crippen MR) is 93.4 cm³/mol. The molecule has 130 valence electrons. The minimum Gasteiger partial charge on any atom is -0.454 e. The third kappa shape index (κ3) is 2.50. The first-order chi connectivity index (χ1) is 12.7. The topological polar surface area (TPSA) is 75.6 Å². The van der Waals surface area contributed by atoms with Gasteiger partial charge in [-0.15, -0.1) is 0 Å². The number of benzene rings is 2. The van der Waals surface area contributed by atoms with E-state index in [0.29, 0.717) is 28.6 Å². The van der Waals surface area contributed by atoms with E-state index in [1.807, 2.05) is 0 Å². The normalized spacial score (nSPS) is 18.3. The van der Waals surface area contributed by atoms with Crippen molar-refractivity contribution in [1.29, 1.82) is 0 Å². The third-order valence-electron chi connectivity index (χ3n) is 4.02. The summed E-state index contributed by atoms with van der Waals surface area (Å²) in [5.41, 5.74) is 1.56. The first-order valence-corrected chi connectivity index (χ1v) is 8.48. The molecule has 7 nitrogen and oxygen atoms in total. The number of fused-ring (bicyclic) bond motifs is 2. The van der Waals surface area contributed by atoms with Crippen LogP contribution in [0.3, 0.4) is 0 Å². The van der Waals surface area contributed by atoms with Gasteiger partial charge in [0.2, 0.25) is 19.5 Å². The van der Waals surface area contributed by atoms with Crippen LogP contribution in [0.1, 0.15) is 11.1 Å². The molecule has 0 fully saturated rings. The molecule has 0 radical (unpaired) electrons. The van der Waals surface area contributed by atoms with Gasteiger partial charge in [-0.1, -0.05) is 15.9 Å². The Morgan fingerprint density at radius 1 is 0.923 bits per heavy atom. The Morgan fingerprint density at radius 3 is 2.42 bits per heavy atom. The van der Waals surface area contributed by atoms with Crippen molar-refractivity contribution in [2.24, 2.45) is 4.99 Å². The Hall–Kier alpha value is -3.00. The van der Waals surface area contributed by atoms with E-state index in [9.17, 15) is 4.79 Å². The largest absolute Gasteiger partial charge is 0.454 e. The highest BCUT2D eigenvalue weighted by Crippen LogP contribution is 2.38. The number of ether oxygens (including phenoxy) is 5. The second-order valence-corrected chi connectivity index (χ2v) is 6.49. The zero-order chi connectivity index (χ0) is 17.7. The summed E-state index contributed by atoms with van der Waals surface area (Å²) in [6.07, 6.45) is 1.63. The molecule has 26 heavy (non-hydrogen) atoms. The summed E-state index contributed by atoms with van der Waals surface area (Å²) < 4.78 is 27.4. The van der Waals surface area contributed by atoms with Crippen molar-refractivity contribution in [3.63, 3.8) is 0 Å². The van der Waals surface area contributed by atoms with Crippen LogP contribution in [0.2, 0.25) is 0 Å². The molecule has 0 spiro atoms. The van der Waals surface area contributed by atoms with E-state index in [2.05, 4.69) is 20.9 Å². The quantitative estimate of drug-likeness (QED) is 0.553. The van der Waals surface area contributed by atoms with Crippen LogP contribution < -0.4 is 18.9 Å². The van der Waals surface area contributed by atoms with Gasteiger partial charge in [0, 0.05) is 10.0 Å². The highest BCUT2D eigenvalue weighted by Gasteiger charge is 2.26. The van der Waals surface area contributed by atoms with Crippen LogP contribution in [0.15, 0.2) is 45.5 Å². The van der Waals surface area contributed by atoms with Gasteiger partial charge in [-0.3, -0.25) is 0 Å². The minimum absolute atomic E-state index is 0.175. The lowest BCUT2D eigenvalue weighted by Crippen LogP contribution is -2.05. The Balaban J connectivity index is 1.50. The minimum atomic E-state index is -0.526. The van der Waals surface area contributed by atoms with Crippen molar-refractivity contribution in [2.75, 3.05) is 13.6 Å². The molecule has 8 heteroatoms. The number of esters is 1. The van der Waals surface area contributed by atoms with Crippen LogP contribution in [-0.4, -0.2) is 25.5 Å². The molecule has 0 unspecified atom stereocenters. The molecule has 0 saturated carbocycles. The van der Waals surface area contributed by atoms with E-state index in [-0.39, 0.29) is 25.2 Å². The first kappa shape index (κ1) is 15.3. The van der Waals surface area contributed by atoms with Gasteiger partial charge >= 0.3 is 5.97 Å². The number of hydrogen-bond donors (Lipinski definition) is 0. The number of halogens is 1. The fourth-order valence-corrected chi connectivity index (χ4v) is 3.19. The molecule has 0 atom stereocenters. The highest BCUT2D eigenvalue weighted by atomic mass is 79.9. The van der Waals surface area contributed by atoms with Crippen LogP contribution in [0, 0.1) is 0 Å². The average molecular weight is 416 g/mol. The van der Waals surface area contributed by atoms with E-state index in [1.54, 1.807) is 36.4 Å². The van der Waals surface area contributed by atoms with Gasteiger partial charge in [0.1, 0.15) is 0 Å². The van der Waals surface area contributed by atoms with Crippen LogP contribution >= 0.6 is 15.9 Å².